The van der Waals surface area contributed by atoms with Gasteiger partial charge in [-0.1, -0.05) is 36.8 Å². The van der Waals surface area contributed by atoms with Gasteiger partial charge >= 0.3 is 0 Å². The summed E-state index contributed by atoms with van der Waals surface area (Å²) in [6.45, 7) is 4.51. The number of hydrogen-bond acceptors (Lipinski definition) is 3. The van der Waals surface area contributed by atoms with E-state index in [0.717, 1.165) is 17.8 Å². The van der Waals surface area contributed by atoms with Crippen molar-refractivity contribution in [1.82, 2.24) is 14.9 Å². The molecule has 1 atom stereocenters. The van der Waals surface area contributed by atoms with Gasteiger partial charge < -0.3 is 14.6 Å². The van der Waals surface area contributed by atoms with E-state index in [1.807, 2.05) is 29.9 Å². The lowest BCUT2D eigenvalue weighted by molar-refractivity contribution is 0.0935. The fourth-order valence-corrected chi connectivity index (χ4v) is 2.85. The summed E-state index contributed by atoms with van der Waals surface area (Å²) in [4.78, 5) is 16.8. The van der Waals surface area contributed by atoms with Crippen LogP contribution in [-0.4, -0.2) is 15.5 Å². The molecule has 140 valence electrons. The second kappa shape index (κ2) is 8.54. The van der Waals surface area contributed by atoms with Crippen molar-refractivity contribution in [2.45, 2.75) is 32.9 Å². The minimum Gasteiger partial charge on any atom is -0.486 e. The number of imidazole rings is 1. The summed E-state index contributed by atoms with van der Waals surface area (Å²) in [7, 11) is 1.93. The minimum atomic E-state index is -0.0851. The Balaban J connectivity index is 1.61. The first-order chi connectivity index (χ1) is 13.1. The van der Waals surface area contributed by atoms with Crippen LogP contribution in [0.2, 0.25) is 0 Å². The zero-order valence-electron chi connectivity index (χ0n) is 16.0. The molecule has 1 N–H and O–H groups in total. The number of carbonyl (C=O) groups excluding carboxylic acids is 1. The van der Waals surface area contributed by atoms with Crippen LogP contribution in [0.5, 0.6) is 5.75 Å². The Morgan fingerprint density at radius 2 is 1.85 bits per heavy atom. The van der Waals surface area contributed by atoms with Crippen LogP contribution >= 0.6 is 0 Å². The molecule has 1 aromatic heterocycles. The first-order valence-corrected chi connectivity index (χ1v) is 9.13. The smallest absolute Gasteiger partial charge is 0.251 e. The lowest BCUT2D eigenvalue weighted by Crippen LogP contribution is -2.28. The van der Waals surface area contributed by atoms with Gasteiger partial charge in [0.25, 0.3) is 5.91 Å². The van der Waals surface area contributed by atoms with E-state index in [1.165, 1.54) is 5.56 Å². The minimum absolute atomic E-state index is 0.00237. The summed E-state index contributed by atoms with van der Waals surface area (Å²) in [5.74, 6) is 1.47. The Hall–Kier alpha value is -3.08. The van der Waals surface area contributed by atoms with E-state index < -0.39 is 0 Å². The molecule has 5 nitrogen and oxygen atoms in total. The van der Waals surface area contributed by atoms with Gasteiger partial charge in [0.1, 0.15) is 18.2 Å². The number of carbonyl (C=O) groups is 1. The van der Waals surface area contributed by atoms with E-state index in [9.17, 15) is 4.79 Å². The number of ether oxygens (including phenoxy) is 1. The monoisotopic (exact) mass is 363 g/mol. The maximum absolute atomic E-state index is 12.6. The number of amides is 1. The van der Waals surface area contributed by atoms with Crippen LogP contribution in [0.1, 0.15) is 46.7 Å². The Labute approximate surface area is 160 Å². The van der Waals surface area contributed by atoms with Gasteiger partial charge in [0.2, 0.25) is 0 Å². The van der Waals surface area contributed by atoms with E-state index in [1.54, 1.807) is 18.3 Å². The molecule has 0 saturated heterocycles. The van der Waals surface area contributed by atoms with Gasteiger partial charge in [0.05, 0.1) is 6.04 Å². The number of nitrogens with zero attached hydrogens (tertiary/aromatic N) is 2. The number of aryl methyl sites for hydroxylation is 2. The highest BCUT2D eigenvalue weighted by Crippen LogP contribution is 2.19. The van der Waals surface area contributed by atoms with Crippen molar-refractivity contribution in [2.24, 2.45) is 7.05 Å². The summed E-state index contributed by atoms with van der Waals surface area (Å²) >= 11 is 0. The third kappa shape index (κ3) is 4.76. The molecule has 0 aliphatic carbocycles. The summed E-state index contributed by atoms with van der Waals surface area (Å²) in [5, 5.41) is 3.11. The van der Waals surface area contributed by atoms with Crippen LogP contribution in [0.4, 0.5) is 0 Å². The molecule has 0 unspecified atom stereocenters. The lowest BCUT2D eigenvalue weighted by Gasteiger charge is -2.18. The Bertz CT molecular complexity index is 883. The molecule has 0 saturated carbocycles. The van der Waals surface area contributed by atoms with E-state index in [4.69, 9.17) is 4.74 Å². The molecule has 2 aromatic carbocycles. The summed E-state index contributed by atoms with van der Waals surface area (Å²) in [6, 6.07) is 15.5. The highest BCUT2D eigenvalue weighted by atomic mass is 16.5. The molecular formula is C22H25N3O2. The highest BCUT2D eigenvalue weighted by Gasteiger charge is 2.14. The SMILES string of the molecule is CC[C@@H](NC(=O)c1ccc(OCc2nccn2C)cc1)c1ccc(C)cc1. The Morgan fingerprint density at radius 1 is 1.15 bits per heavy atom. The maximum atomic E-state index is 12.6. The van der Waals surface area contributed by atoms with Crippen molar-refractivity contribution >= 4 is 5.91 Å². The van der Waals surface area contributed by atoms with Crippen molar-refractivity contribution in [3.8, 4) is 5.75 Å². The number of hydrogen-bond donors (Lipinski definition) is 1. The fraction of sp³-hybridized carbons (Fsp3) is 0.273. The molecule has 0 spiro atoms. The van der Waals surface area contributed by atoms with Crippen LogP contribution in [-0.2, 0) is 13.7 Å². The topological polar surface area (TPSA) is 56.1 Å². The van der Waals surface area contributed by atoms with Crippen LogP contribution in [0, 0.1) is 6.92 Å². The average molecular weight is 363 g/mol. The molecule has 3 rings (SSSR count). The molecule has 0 aliphatic heterocycles. The molecule has 0 aliphatic rings. The molecular weight excluding hydrogens is 338 g/mol. The van der Waals surface area contributed by atoms with Crippen molar-refractivity contribution in [3.05, 3.63) is 83.4 Å². The molecule has 0 bridgehead atoms. The lowest BCUT2D eigenvalue weighted by atomic mass is 10.0. The summed E-state index contributed by atoms with van der Waals surface area (Å²) in [6.07, 6.45) is 4.45. The number of aromatic nitrogens is 2. The van der Waals surface area contributed by atoms with Crippen molar-refractivity contribution in [1.29, 1.82) is 0 Å². The van der Waals surface area contributed by atoms with Gasteiger partial charge in [-0.05, 0) is 43.2 Å². The predicted molar refractivity (Wildman–Crippen MR) is 106 cm³/mol. The zero-order chi connectivity index (χ0) is 19.2. The zero-order valence-corrected chi connectivity index (χ0v) is 16.0. The molecule has 0 fully saturated rings. The van der Waals surface area contributed by atoms with E-state index in [2.05, 4.69) is 48.4 Å². The number of benzene rings is 2. The third-order valence-electron chi connectivity index (χ3n) is 4.60. The van der Waals surface area contributed by atoms with Gasteiger partial charge in [-0.25, -0.2) is 4.98 Å². The van der Waals surface area contributed by atoms with E-state index in [-0.39, 0.29) is 11.9 Å². The van der Waals surface area contributed by atoms with Gasteiger partial charge in [-0.2, -0.15) is 0 Å². The van der Waals surface area contributed by atoms with Gasteiger partial charge in [-0.3, -0.25) is 4.79 Å². The molecule has 5 heteroatoms. The fourth-order valence-electron chi connectivity index (χ4n) is 2.85. The normalized spacial score (nSPS) is 11.8. The number of nitrogens with one attached hydrogen (secondary N) is 1. The average Bonchev–Trinajstić information content (AvgIpc) is 3.10. The predicted octanol–water partition coefficient (Wildman–Crippen LogP) is 4.19. The van der Waals surface area contributed by atoms with Gasteiger partial charge in [-0.15, -0.1) is 0 Å². The molecule has 0 radical (unpaired) electrons. The number of rotatable bonds is 7. The standard InChI is InChI=1S/C22H25N3O2/c1-4-20(17-7-5-16(2)6-8-17)24-22(26)18-9-11-19(12-10-18)27-15-21-23-13-14-25(21)3/h5-14,20H,4,15H2,1-3H3,(H,24,26)/t20-/m1/s1. The van der Waals surface area contributed by atoms with E-state index in [0.29, 0.717) is 17.9 Å². The second-order valence-corrected chi connectivity index (χ2v) is 6.61. The van der Waals surface area contributed by atoms with Crippen molar-refractivity contribution < 1.29 is 9.53 Å². The second-order valence-electron chi connectivity index (χ2n) is 6.61. The van der Waals surface area contributed by atoms with Gasteiger partial charge in [0, 0.05) is 25.0 Å². The summed E-state index contributed by atoms with van der Waals surface area (Å²) in [5.41, 5.74) is 2.94. The Morgan fingerprint density at radius 3 is 2.44 bits per heavy atom. The quantitative estimate of drug-likeness (QED) is 0.685. The van der Waals surface area contributed by atoms with Crippen LogP contribution in [0.25, 0.3) is 0 Å². The van der Waals surface area contributed by atoms with Crippen LogP contribution in [0.15, 0.2) is 60.9 Å². The van der Waals surface area contributed by atoms with Crippen molar-refractivity contribution in [3.63, 3.8) is 0 Å². The van der Waals surface area contributed by atoms with Crippen LogP contribution < -0.4 is 10.1 Å². The van der Waals surface area contributed by atoms with Crippen molar-refractivity contribution in [2.75, 3.05) is 0 Å². The molecule has 1 amide bonds. The maximum Gasteiger partial charge on any atom is 0.251 e. The molecule has 3 aromatic rings. The first-order valence-electron chi connectivity index (χ1n) is 9.13. The van der Waals surface area contributed by atoms with E-state index >= 15 is 0 Å². The van der Waals surface area contributed by atoms with Gasteiger partial charge in [0.15, 0.2) is 0 Å². The molecule has 27 heavy (non-hydrogen) atoms. The summed E-state index contributed by atoms with van der Waals surface area (Å²) < 4.78 is 7.65. The molecule has 1 heterocycles. The third-order valence-corrected chi connectivity index (χ3v) is 4.60. The first kappa shape index (κ1) is 18.7. The largest absolute Gasteiger partial charge is 0.486 e. The highest BCUT2D eigenvalue weighted by molar-refractivity contribution is 5.94. The van der Waals surface area contributed by atoms with Crippen LogP contribution in [0.3, 0.4) is 0 Å². The Kier molecular flexibility index (Phi) is 5.91.